The van der Waals surface area contributed by atoms with Crippen molar-refractivity contribution in [3.63, 3.8) is 0 Å². The van der Waals surface area contributed by atoms with Gasteiger partial charge in [-0.25, -0.2) is 8.42 Å². The van der Waals surface area contributed by atoms with Crippen molar-refractivity contribution in [3.05, 3.63) is 93.0 Å². The van der Waals surface area contributed by atoms with E-state index in [1.165, 1.54) is 17.0 Å². The van der Waals surface area contributed by atoms with Crippen LogP contribution in [0.5, 0.6) is 0 Å². The van der Waals surface area contributed by atoms with Crippen molar-refractivity contribution in [2.24, 2.45) is 0 Å². The second kappa shape index (κ2) is 13.1. The first-order chi connectivity index (χ1) is 18.6. The number of nitrogens with zero attached hydrogens (tertiary/aromatic N) is 2. The van der Waals surface area contributed by atoms with Crippen LogP contribution in [0.1, 0.15) is 38.2 Å². The van der Waals surface area contributed by atoms with E-state index < -0.39 is 28.5 Å². The topological polar surface area (TPSA) is 86.8 Å². The highest BCUT2D eigenvalue weighted by Gasteiger charge is 2.33. The van der Waals surface area contributed by atoms with Gasteiger partial charge in [0.2, 0.25) is 11.8 Å². The number of rotatable bonds is 10. The molecule has 0 aliphatic heterocycles. The summed E-state index contributed by atoms with van der Waals surface area (Å²) in [5, 5.41) is 3.63. The third-order valence-electron chi connectivity index (χ3n) is 6.86. The summed E-state index contributed by atoms with van der Waals surface area (Å²) in [6, 6.07) is 21.3. The van der Waals surface area contributed by atoms with Crippen LogP contribution < -0.4 is 9.62 Å². The Morgan fingerprint density at radius 2 is 1.59 bits per heavy atom. The van der Waals surface area contributed by atoms with Crippen LogP contribution in [0.3, 0.4) is 0 Å². The minimum absolute atomic E-state index is 0.0765. The highest BCUT2D eigenvalue weighted by atomic mass is 127. The van der Waals surface area contributed by atoms with Crippen LogP contribution in [-0.4, -0.2) is 43.8 Å². The SMILES string of the molecule is CC(C(=O)NC1CCCC1)N(Cc1ccc(Cl)cc1)C(=O)CN(c1ccc(I)cc1)S(=O)(=O)c1ccccc1. The molecular formula is C29H31ClIN3O4S. The van der Waals surface area contributed by atoms with Gasteiger partial charge in [-0.3, -0.25) is 13.9 Å². The maximum atomic E-state index is 13.9. The molecule has 0 radical (unpaired) electrons. The molecule has 39 heavy (non-hydrogen) atoms. The molecule has 3 aromatic carbocycles. The molecule has 1 saturated carbocycles. The monoisotopic (exact) mass is 679 g/mol. The number of hydrogen-bond acceptors (Lipinski definition) is 4. The number of sulfonamides is 1. The second-order valence-corrected chi connectivity index (χ2v) is 13.2. The number of hydrogen-bond donors (Lipinski definition) is 1. The molecule has 0 spiro atoms. The lowest BCUT2D eigenvalue weighted by molar-refractivity contribution is -0.139. The van der Waals surface area contributed by atoms with E-state index in [1.54, 1.807) is 73.7 Å². The summed E-state index contributed by atoms with van der Waals surface area (Å²) in [5.74, 6) is -0.743. The molecule has 0 heterocycles. The maximum absolute atomic E-state index is 13.9. The molecule has 7 nitrogen and oxygen atoms in total. The molecule has 206 valence electrons. The number of anilines is 1. The van der Waals surface area contributed by atoms with Crippen LogP contribution >= 0.6 is 34.2 Å². The van der Waals surface area contributed by atoms with Gasteiger partial charge in [0.15, 0.2) is 0 Å². The molecule has 0 saturated heterocycles. The molecule has 0 bridgehead atoms. The highest BCUT2D eigenvalue weighted by Crippen LogP contribution is 2.26. The van der Waals surface area contributed by atoms with Crippen molar-refractivity contribution in [1.29, 1.82) is 0 Å². The van der Waals surface area contributed by atoms with E-state index >= 15 is 0 Å². The molecule has 1 fully saturated rings. The van der Waals surface area contributed by atoms with Crippen LogP contribution in [0, 0.1) is 3.57 Å². The smallest absolute Gasteiger partial charge is 0.264 e. The first-order valence-corrected chi connectivity index (χ1v) is 15.7. The summed E-state index contributed by atoms with van der Waals surface area (Å²) in [6.45, 7) is 1.34. The molecule has 10 heteroatoms. The lowest BCUT2D eigenvalue weighted by Gasteiger charge is -2.32. The molecule has 1 atom stereocenters. The van der Waals surface area contributed by atoms with Gasteiger partial charge in [0.1, 0.15) is 12.6 Å². The van der Waals surface area contributed by atoms with Crippen molar-refractivity contribution in [2.45, 2.75) is 56.1 Å². The first kappa shape index (κ1) is 29.4. The van der Waals surface area contributed by atoms with E-state index in [-0.39, 0.29) is 23.4 Å². The van der Waals surface area contributed by atoms with Crippen LogP contribution in [0.25, 0.3) is 0 Å². The zero-order valence-corrected chi connectivity index (χ0v) is 25.3. The summed E-state index contributed by atoms with van der Waals surface area (Å²) >= 11 is 8.20. The molecule has 3 aromatic rings. The van der Waals surface area contributed by atoms with Crippen molar-refractivity contribution < 1.29 is 18.0 Å². The Morgan fingerprint density at radius 1 is 0.974 bits per heavy atom. The van der Waals surface area contributed by atoms with E-state index in [2.05, 4.69) is 27.9 Å². The average Bonchev–Trinajstić information content (AvgIpc) is 3.45. The number of amides is 2. The van der Waals surface area contributed by atoms with Crippen LogP contribution in [0.2, 0.25) is 5.02 Å². The fourth-order valence-electron chi connectivity index (χ4n) is 4.62. The number of benzene rings is 3. The predicted molar refractivity (Wildman–Crippen MR) is 162 cm³/mol. The van der Waals surface area contributed by atoms with Gasteiger partial charge in [-0.1, -0.05) is 54.8 Å². The molecule has 1 aliphatic rings. The molecule has 1 unspecified atom stereocenters. The summed E-state index contributed by atoms with van der Waals surface area (Å²) in [4.78, 5) is 28.7. The maximum Gasteiger partial charge on any atom is 0.264 e. The Labute approximate surface area is 248 Å². The first-order valence-electron chi connectivity index (χ1n) is 12.8. The van der Waals surface area contributed by atoms with Crippen LogP contribution in [0.4, 0.5) is 5.69 Å². The summed E-state index contributed by atoms with van der Waals surface area (Å²) in [6.07, 6.45) is 3.96. The zero-order valence-electron chi connectivity index (χ0n) is 21.6. The van der Waals surface area contributed by atoms with Crippen molar-refractivity contribution >= 4 is 61.7 Å². The predicted octanol–water partition coefficient (Wildman–Crippen LogP) is 5.62. The molecule has 1 aliphatic carbocycles. The number of halogens is 2. The summed E-state index contributed by atoms with van der Waals surface area (Å²) < 4.78 is 29.6. The standard InChI is InChI=1S/C29H31ClIN3O4S/c1-21(29(36)32-25-7-5-6-8-25)33(19-22-11-13-23(30)14-12-22)28(35)20-34(26-17-15-24(31)16-18-26)39(37,38)27-9-3-2-4-10-27/h2-4,9-18,21,25H,5-8,19-20H2,1H3,(H,32,36). The minimum atomic E-state index is -4.07. The average molecular weight is 680 g/mol. The van der Waals surface area contributed by atoms with Crippen LogP contribution in [-0.2, 0) is 26.2 Å². The van der Waals surface area contributed by atoms with Gasteiger partial charge in [-0.15, -0.1) is 0 Å². The summed E-state index contributed by atoms with van der Waals surface area (Å²) in [5.41, 5.74) is 1.14. The van der Waals surface area contributed by atoms with E-state index in [0.29, 0.717) is 10.7 Å². The van der Waals surface area contributed by atoms with Gasteiger partial charge >= 0.3 is 0 Å². The third-order valence-corrected chi connectivity index (χ3v) is 9.62. The largest absolute Gasteiger partial charge is 0.352 e. The minimum Gasteiger partial charge on any atom is -0.352 e. The second-order valence-electron chi connectivity index (χ2n) is 9.62. The number of carbonyl (C=O) groups excluding carboxylic acids is 2. The number of carbonyl (C=O) groups is 2. The molecule has 0 aromatic heterocycles. The van der Waals surface area contributed by atoms with Crippen LogP contribution in [0.15, 0.2) is 83.8 Å². The Kier molecular flexibility index (Phi) is 9.90. The van der Waals surface area contributed by atoms with E-state index in [9.17, 15) is 18.0 Å². The molecule has 4 rings (SSSR count). The Balaban J connectivity index is 1.66. The molecule has 2 amide bonds. The van der Waals surface area contributed by atoms with Crippen molar-refractivity contribution in [3.8, 4) is 0 Å². The third kappa shape index (κ3) is 7.52. The fraction of sp³-hybridized carbons (Fsp3) is 0.310. The van der Waals surface area contributed by atoms with Gasteiger partial charge < -0.3 is 10.2 Å². The molecular weight excluding hydrogens is 649 g/mol. The van der Waals surface area contributed by atoms with Gasteiger partial charge in [0.25, 0.3) is 10.0 Å². The quantitative estimate of drug-likeness (QED) is 0.282. The van der Waals surface area contributed by atoms with Gasteiger partial charge in [-0.05, 0) is 96.5 Å². The van der Waals surface area contributed by atoms with E-state index in [1.807, 2.05) is 0 Å². The lowest BCUT2D eigenvalue weighted by Crippen LogP contribution is -2.52. The van der Waals surface area contributed by atoms with Gasteiger partial charge in [-0.2, -0.15) is 0 Å². The van der Waals surface area contributed by atoms with E-state index in [4.69, 9.17) is 11.6 Å². The van der Waals surface area contributed by atoms with Gasteiger partial charge in [0.05, 0.1) is 10.6 Å². The van der Waals surface area contributed by atoms with E-state index in [0.717, 1.165) is 39.1 Å². The molecule has 1 N–H and O–H groups in total. The normalized spacial score (nSPS) is 14.5. The Bertz CT molecular complexity index is 1380. The van der Waals surface area contributed by atoms with Crippen molar-refractivity contribution in [2.75, 3.05) is 10.8 Å². The lowest BCUT2D eigenvalue weighted by atomic mass is 10.1. The van der Waals surface area contributed by atoms with Crippen molar-refractivity contribution in [1.82, 2.24) is 10.2 Å². The number of nitrogens with one attached hydrogen (secondary N) is 1. The summed E-state index contributed by atoms with van der Waals surface area (Å²) in [7, 11) is -4.07. The van der Waals surface area contributed by atoms with Gasteiger partial charge in [0, 0.05) is 21.2 Å². The highest BCUT2D eigenvalue weighted by molar-refractivity contribution is 14.1. The Hall–Kier alpha value is -2.63. The zero-order chi connectivity index (χ0) is 28.0. The Morgan fingerprint density at radius 3 is 2.21 bits per heavy atom. The fourth-order valence-corrected chi connectivity index (χ4v) is 6.54.